The fourth-order valence-electron chi connectivity index (χ4n) is 4.10. The van der Waals surface area contributed by atoms with Crippen LogP contribution in [-0.4, -0.2) is 98.6 Å². The van der Waals surface area contributed by atoms with Crippen molar-refractivity contribution >= 4 is 53.2 Å². The van der Waals surface area contributed by atoms with E-state index in [-0.39, 0.29) is 6.61 Å². The molecule has 0 unspecified atom stereocenters. The van der Waals surface area contributed by atoms with Gasteiger partial charge in [0, 0.05) is 25.7 Å². The topological polar surface area (TPSA) is 251 Å². The van der Waals surface area contributed by atoms with E-state index in [1.807, 2.05) is 0 Å². The number of carboxylic acid groups (broad SMARTS) is 3. The second-order valence-corrected chi connectivity index (χ2v) is 10.5. The summed E-state index contributed by atoms with van der Waals surface area (Å²) in [5.74, 6) is -11.3. The number of hydrogen-bond donors (Lipinski definition) is 5. The van der Waals surface area contributed by atoms with Gasteiger partial charge in [-0.2, -0.15) is 0 Å². The molecule has 0 aliphatic heterocycles. The second-order valence-electron chi connectivity index (χ2n) is 10.5. The van der Waals surface area contributed by atoms with Crippen molar-refractivity contribution in [1.82, 2.24) is 15.5 Å². The van der Waals surface area contributed by atoms with Crippen LogP contribution < -0.4 is 10.6 Å². The molecule has 0 aliphatic rings. The SMILES string of the molecule is CC(=O)C(=O)N(CC(=O)O)CC(=O)[C@@H](NC(=O)[C@H](CCC(=O)O)CC(=O)[C@H](CC(=O)O)NC(=O)OCc1ccccc1)C(C)C. The number of carbonyl (C=O) groups is 9. The van der Waals surface area contributed by atoms with Crippen molar-refractivity contribution < 1.29 is 63.2 Å². The molecule has 0 fully saturated rings. The Morgan fingerprint density at radius 3 is 1.93 bits per heavy atom. The smallest absolute Gasteiger partial charge is 0.408 e. The van der Waals surface area contributed by atoms with E-state index in [4.69, 9.17) is 14.9 Å². The van der Waals surface area contributed by atoms with Crippen LogP contribution in [0.25, 0.3) is 0 Å². The number of ketones is 3. The van der Waals surface area contributed by atoms with Gasteiger partial charge in [0.05, 0.1) is 19.0 Å². The Kier molecular flexibility index (Phi) is 15.6. The van der Waals surface area contributed by atoms with E-state index in [1.54, 1.807) is 30.3 Å². The Bertz CT molecular complexity index is 1280. The second kappa shape index (κ2) is 18.5. The number of carbonyl (C=O) groups excluding carboxylic acids is 6. The number of hydrogen-bond acceptors (Lipinski definition) is 10. The fourth-order valence-corrected chi connectivity index (χ4v) is 4.10. The molecule has 0 aromatic heterocycles. The van der Waals surface area contributed by atoms with Crippen molar-refractivity contribution in [2.75, 3.05) is 13.1 Å². The molecule has 0 radical (unpaired) electrons. The zero-order valence-electron chi connectivity index (χ0n) is 25.0. The number of carboxylic acids is 3. The van der Waals surface area contributed by atoms with Gasteiger partial charge < -0.3 is 35.6 Å². The van der Waals surface area contributed by atoms with Crippen LogP contribution >= 0.6 is 0 Å². The van der Waals surface area contributed by atoms with Gasteiger partial charge in [0.25, 0.3) is 5.91 Å². The first-order chi connectivity index (χ1) is 21.0. The molecule has 1 aromatic rings. The standard InChI is InChI=1S/C29H37N3O13/c1-16(2)26(22(35)13-32(14-25(40)41)28(43)17(3)33)31-27(42)19(9-10-23(36)37)11-21(34)20(12-24(38)39)30-29(44)45-15-18-7-5-4-6-8-18/h4-8,16,19-20,26H,9-15H2,1-3H3,(H,30,44)(H,31,42)(H,36,37)(H,38,39)(H,40,41)/t19-,20+,26+/m1/s1. The van der Waals surface area contributed by atoms with Gasteiger partial charge in [-0.05, 0) is 17.9 Å². The Labute approximate surface area is 258 Å². The molecule has 3 atom stereocenters. The summed E-state index contributed by atoms with van der Waals surface area (Å²) in [5.41, 5.74) is 0.616. The summed E-state index contributed by atoms with van der Waals surface area (Å²) in [7, 11) is 0. The van der Waals surface area contributed by atoms with E-state index in [2.05, 4.69) is 10.6 Å². The number of amides is 3. The third kappa shape index (κ3) is 14.2. The van der Waals surface area contributed by atoms with Crippen molar-refractivity contribution in [2.45, 2.75) is 65.1 Å². The Morgan fingerprint density at radius 1 is 0.800 bits per heavy atom. The van der Waals surface area contributed by atoms with Crippen LogP contribution in [0.5, 0.6) is 0 Å². The summed E-state index contributed by atoms with van der Waals surface area (Å²) < 4.78 is 5.04. The van der Waals surface area contributed by atoms with Gasteiger partial charge in [-0.15, -0.1) is 0 Å². The number of rotatable bonds is 20. The Morgan fingerprint density at radius 2 is 1.42 bits per heavy atom. The van der Waals surface area contributed by atoms with Crippen molar-refractivity contribution in [3.63, 3.8) is 0 Å². The molecule has 246 valence electrons. The molecule has 0 aliphatic carbocycles. The largest absolute Gasteiger partial charge is 0.481 e. The number of benzene rings is 1. The monoisotopic (exact) mass is 635 g/mol. The summed E-state index contributed by atoms with van der Waals surface area (Å²) >= 11 is 0. The van der Waals surface area contributed by atoms with Crippen LogP contribution in [0.15, 0.2) is 30.3 Å². The zero-order valence-corrected chi connectivity index (χ0v) is 25.0. The summed E-state index contributed by atoms with van der Waals surface area (Å²) in [6.45, 7) is 1.93. The predicted octanol–water partition coefficient (Wildman–Crippen LogP) is 0.408. The highest BCUT2D eigenvalue weighted by Crippen LogP contribution is 2.17. The van der Waals surface area contributed by atoms with Crippen LogP contribution in [0, 0.1) is 11.8 Å². The minimum absolute atomic E-state index is 0.184. The van der Waals surface area contributed by atoms with E-state index >= 15 is 0 Å². The van der Waals surface area contributed by atoms with Crippen LogP contribution in [0.4, 0.5) is 4.79 Å². The molecule has 45 heavy (non-hydrogen) atoms. The predicted molar refractivity (Wildman–Crippen MR) is 152 cm³/mol. The first-order valence-corrected chi connectivity index (χ1v) is 13.8. The van der Waals surface area contributed by atoms with Crippen LogP contribution in [0.3, 0.4) is 0 Å². The molecule has 3 amide bonds. The maximum atomic E-state index is 13.3. The van der Waals surface area contributed by atoms with E-state index < -0.39 is 116 Å². The molecule has 0 bridgehead atoms. The van der Waals surface area contributed by atoms with E-state index in [9.17, 15) is 48.3 Å². The van der Waals surface area contributed by atoms with Gasteiger partial charge in [-0.25, -0.2) is 4.79 Å². The molecule has 16 heteroatoms. The average Bonchev–Trinajstić information content (AvgIpc) is 2.95. The van der Waals surface area contributed by atoms with Crippen molar-refractivity contribution in [3.8, 4) is 0 Å². The summed E-state index contributed by atoms with van der Waals surface area (Å²) in [6.07, 6.45) is -3.69. The van der Waals surface area contributed by atoms with Gasteiger partial charge in [0.1, 0.15) is 19.2 Å². The normalized spacial score (nSPS) is 12.6. The number of ether oxygens (including phenoxy) is 1. The molecule has 0 heterocycles. The third-order valence-corrected chi connectivity index (χ3v) is 6.37. The van der Waals surface area contributed by atoms with Gasteiger partial charge in [-0.1, -0.05) is 44.2 Å². The molecule has 0 saturated carbocycles. The molecule has 0 saturated heterocycles. The Balaban J connectivity index is 3.11. The van der Waals surface area contributed by atoms with Crippen molar-refractivity contribution in [1.29, 1.82) is 0 Å². The zero-order chi connectivity index (χ0) is 34.3. The van der Waals surface area contributed by atoms with Crippen LogP contribution in [0.1, 0.15) is 52.0 Å². The number of Topliss-reactive ketones (excluding diaryl/α,β-unsaturated/α-hetero) is 3. The van der Waals surface area contributed by atoms with Gasteiger partial charge in [-0.3, -0.25) is 38.4 Å². The van der Waals surface area contributed by atoms with Gasteiger partial charge in [0.15, 0.2) is 11.6 Å². The van der Waals surface area contributed by atoms with Crippen LogP contribution in [-0.2, 0) is 49.7 Å². The Hall–Kier alpha value is -5.15. The molecule has 16 nitrogen and oxygen atoms in total. The fraction of sp³-hybridized carbons (Fsp3) is 0.483. The first kappa shape index (κ1) is 37.9. The first-order valence-electron chi connectivity index (χ1n) is 13.8. The number of nitrogens with one attached hydrogen (secondary N) is 2. The lowest BCUT2D eigenvalue weighted by Gasteiger charge is -2.27. The summed E-state index contributed by atoms with van der Waals surface area (Å²) in [6, 6.07) is 5.48. The highest BCUT2D eigenvalue weighted by atomic mass is 16.5. The van der Waals surface area contributed by atoms with Gasteiger partial charge >= 0.3 is 24.0 Å². The third-order valence-electron chi connectivity index (χ3n) is 6.37. The summed E-state index contributed by atoms with van der Waals surface area (Å²) in [4.78, 5) is 110. The molecule has 5 N–H and O–H groups in total. The highest BCUT2D eigenvalue weighted by molar-refractivity contribution is 6.35. The van der Waals surface area contributed by atoms with E-state index in [1.165, 1.54) is 13.8 Å². The van der Waals surface area contributed by atoms with Crippen molar-refractivity contribution in [2.24, 2.45) is 11.8 Å². The molecule has 1 rings (SSSR count). The quantitative estimate of drug-likeness (QED) is 0.122. The van der Waals surface area contributed by atoms with Crippen LogP contribution in [0.2, 0.25) is 0 Å². The van der Waals surface area contributed by atoms with Crippen molar-refractivity contribution in [3.05, 3.63) is 35.9 Å². The van der Waals surface area contributed by atoms with E-state index in [0.717, 1.165) is 6.92 Å². The number of nitrogens with zero attached hydrogens (tertiary/aromatic N) is 1. The number of alkyl carbamates (subject to hydrolysis) is 1. The minimum atomic E-state index is -1.64. The van der Waals surface area contributed by atoms with E-state index in [0.29, 0.717) is 10.5 Å². The molecular weight excluding hydrogens is 598 g/mol. The maximum absolute atomic E-state index is 13.3. The molecule has 0 spiro atoms. The summed E-state index contributed by atoms with van der Waals surface area (Å²) in [5, 5.41) is 32.1. The molecular formula is C29H37N3O13. The highest BCUT2D eigenvalue weighted by Gasteiger charge is 2.34. The lowest BCUT2D eigenvalue weighted by Crippen LogP contribution is -2.52. The molecule has 1 aromatic carbocycles. The maximum Gasteiger partial charge on any atom is 0.408 e. The van der Waals surface area contributed by atoms with Gasteiger partial charge in [0.2, 0.25) is 11.7 Å². The average molecular weight is 636 g/mol. The number of aliphatic carboxylic acids is 3. The minimum Gasteiger partial charge on any atom is -0.481 e. The lowest BCUT2D eigenvalue weighted by molar-refractivity contribution is -0.150. The lowest BCUT2D eigenvalue weighted by atomic mass is 9.91.